The highest BCUT2D eigenvalue weighted by molar-refractivity contribution is 6.30. The highest BCUT2D eigenvalue weighted by Gasteiger charge is 2.01. The van der Waals surface area contributed by atoms with Crippen molar-refractivity contribution in [1.29, 1.82) is 0 Å². The Bertz CT molecular complexity index is 375. The molecular weight excluding hydrogens is 226 g/mol. The fourth-order valence-corrected chi connectivity index (χ4v) is 1.25. The predicted molar refractivity (Wildman–Crippen MR) is 64.4 cm³/mol. The van der Waals surface area contributed by atoms with E-state index in [-0.39, 0.29) is 11.7 Å². The fraction of sp³-hybridized carbons (Fsp3) is 0.182. The van der Waals surface area contributed by atoms with Crippen LogP contribution in [-0.4, -0.2) is 5.91 Å². The topological polar surface area (TPSA) is 67.2 Å². The van der Waals surface area contributed by atoms with Crippen LogP contribution in [0.4, 0.5) is 0 Å². The van der Waals surface area contributed by atoms with Gasteiger partial charge in [0.25, 0.3) is 0 Å². The number of rotatable bonds is 5. The molecule has 0 aliphatic carbocycles. The molecule has 0 radical (unpaired) electrons. The Morgan fingerprint density at radius 2 is 1.94 bits per heavy atom. The molecule has 0 aliphatic rings. The van der Waals surface area contributed by atoms with Crippen molar-refractivity contribution in [2.24, 2.45) is 5.73 Å². The lowest BCUT2D eigenvalue weighted by atomic mass is 10.1. The monoisotopic (exact) mass is 239 g/mol. The maximum atomic E-state index is 11.3. The van der Waals surface area contributed by atoms with Gasteiger partial charge in [-0.15, -0.1) is 0 Å². The zero-order valence-electron chi connectivity index (χ0n) is 8.79. The van der Waals surface area contributed by atoms with E-state index in [1.807, 2.05) is 12.1 Å². The van der Waals surface area contributed by atoms with Crippen LogP contribution in [0.1, 0.15) is 12.0 Å². The van der Waals surface area contributed by atoms with Crippen molar-refractivity contribution in [3.05, 3.63) is 47.3 Å². The van der Waals surface area contributed by atoms with Gasteiger partial charge < -0.3 is 5.73 Å². The second-order valence-electron chi connectivity index (χ2n) is 3.32. The predicted octanol–water partition coefficient (Wildman–Crippen LogP) is 1.32. The molecule has 0 aliphatic heterocycles. The molecule has 4 nitrogen and oxygen atoms in total. The number of halogens is 1. The number of carbonyl (C=O) groups is 1. The van der Waals surface area contributed by atoms with Gasteiger partial charge in [-0.3, -0.25) is 15.6 Å². The Morgan fingerprint density at radius 3 is 2.50 bits per heavy atom. The summed E-state index contributed by atoms with van der Waals surface area (Å²) in [6, 6.07) is 7.39. The lowest BCUT2D eigenvalue weighted by molar-refractivity contribution is -0.121. The van der Waals surface area contributed by atoms with E-state index in [4.69, 9.17) is 17.3 Å². The number of hydrogen-bond acceptors (Lipinski definition) is 3. The summed E-state index contributed by atoms with van der Waals surface area (Å²) in [5.41, 5.74) is 11.2. The average Bonchev–Trinajstić information content (AvgIpc) is 2.25. The molecule has 1 aromatic carbocycles. The number of hydrazine groups is 1. The minimum absolute atomic E-state index is 0.137. The summed E-state index contributed by atoms with van der Waals surface area (Å²) in [4.78, 5) is 11.3. The van der Waals surface area contributed by atoms with Crippen molar-refractivity contribution in [3.8, 4) is 0 Å². The van der Waals surface area contributed by atoms with Crippen LogP contribution in [-0.2, 0) is 11.2 Å². The van der Waals surface area contributed by atoms with E-state index < -0.39 is 0 Å². The maximum Gasteiger partial charge on any atom is 0.238 e. The first-order chi connectivity index (χ1) is 7.58. The Hall–Kier alpha value is -1.68. The molecule has 1 amide bonds. The second kappa shape index (κ2) is 6.02. The molecule has 0 heterocycles. The van der Waals surface area contributed by atoms with Gasteiger partial charge in [0.2, 0.25) is 5.91 Å². The summed E-state index contributed by atoms with van der Waals surface area (Å²) in [5.74, 6) is 0.0707. The maximum absolute atomic E-state index is 11.3. The van der Waals surface area contributed by atoms with Crippen LogP contribution in [0, 0.1) is 0 Å². The molecule has 0 atom stereocenters. The molecular formula is C11H14ClN3O. The first-order valence-electron chi connectivity index (χ1n) is 4.81. The van der Waals surface area contributed by atoms with E-state index in [0.717, 1.165) is 5.56 Å². The lowest BCUT2D eigenvalue weighted by Crippen LogP contribution is -2.38. The number of benzene rings is 1. The Balaban J connectivity index is 2.31. The van der Waals surface area contributed by atoms with Gasteiger partial charge in [-0.05, 0) is 24.1 Å². The molecule has 0 spiro atoms. The minimum atomic E-state index is -0.137. The Morgan fingerprint density at radius 1 is 1.31 bits per heavy atom. The van der Waals surface area contributed by atoms with Crippen LogP contribution >= 0.6 is 11.6 Å². The first kappa shape index (κ1) is 12.4. The molecule has 1 rings (SSSR count). The first-order valence-corrected chi connectivity index (χ1v) is 5.19. The molecule has 1 aromatic rings. The van der Waals surface area contributed by atoms with Gasteiger partial charge in [-0.25, -0.2) is 0 Å². The normalized spacial score (nSPS) is 9.56. The van der Waals surface area contributed by atoms with E-state index in [2.05, 4.69) is 17.4 Å². The van der Waals surface area contributed by atoms with Crippen molar-refractivity contribution < 1.29 is 4.79 Å². The van der Waals surface area contributed by atoms with E-state index in [1.54, 1.807) is 12.1 Å². The van der Waals surface area contributed by atoms with Crippen molar-refractivity contribution in [2.45, 2.75) is 12.8 Å². The minimum Gasteiger partial charge on any atom is -0.385 e. The van der Waals surface area contributed by atoms with Crippen LogP contribution in [0.3, 0.4) is 0 Å². The van der Waals surface area contributed by atoms with Gasteiger partial charge in [0, 0.05) is 11.4 Å². The van der Waals surface area contributed by atoms with E-state index in [1.165, 1.54) is 0 Å². The molecule has 5 heteroatoms. The quantitative estimate of drug-likeness (QED) is 0.679. The van der Waals surface area contributed by atoms with Gasteiger partial charge in [-0.1, -0.05) is 30.3 Å². The molecule has 0 aromatic heterocycles. The van der Waals surface area contributed by atoms with Crippen LogP contribution in [0.5, 0.6) is 0 Å². The summed E-state index contributed by atoms with van der Waals surface area (Å²) in [6.45, 7) is 3.39. The third-order valence-electron chi connectivity index (χ3n) is 1.92. The highest BCUT2D eigenvalue weighted by atomic mass is 35.5. The van der Waals surface area contributed by atoms with Gasteiger partial charge >= 0.3 is 0 Å². The molecule has 0 saturated heterocycles. The second-order valence-corrected chi connectivity index (χ2v) is 3.76. The van der Waals surface area contributed by atoms with Crippen molar-refractivity contribution in [1.82, 2.24) is 10.9 Å². The number of nitrogens with two attached hydrogens (primary N) is 1. The number of aryl methyl sites for hydroxylation is 1. The number of amides is 1. The van der Waals surface area contributed by atoms with Gasteiger partial charge in [-0.2, -0.15) is 0 Å². The number of nitrogens with one attached hydrogen (secondary N) is 2. The van der Waals surface area contributed by atoms with Crippen LogP contribution < -0.4 is 16.6 Å². The Labute approximate surface area is 99.4 Å². The number of carbonyl (C=O) groups excluding carboxylic acids is 1. The summed E-state index contributed by atoms with van der Waals surface area (Å²) in [7, 11) is 0. The van der Waals surface area contributed by atoms with E-state index >= 15 is 0 Å². The third-order valence-corrected chi connectivity index (χ3v) is 2.17. The SMILES string of the molecule is C=C(N)NNC(=O)CCc1ccc(Cl)cc1. The van der Waals surface area contributed by atoms with Crippen LogP contribution in [0.15, 0.2) is 36.7 Å². The molecule has 4 N–H and O–H groups in total. The van der Waals surface area contributed by atoms with Gasteiger partial charge in [0.15, 0.2) is 0 Å². The summed E-state index contributed by atoms with van der Waals surface area (Å²) in [5, 5.41) is 0.689. The van der Waals surface area contributed by atoms with Gasteiger partial charge in [0.05, 0.1) is 0 Å². The van der Waals surface area contributed by atoms with Crippen LogP contribution in [0.2, 0.25) is 5.02 Å². The van der Waals surface area contributed by atoms with Crippen molar-refractivity contribution >= 4 is 17.5 Å². The van der Waals surface area contributed by atoms with E-state index in [9.17, 15) is 4.79 Å². The molecule has 86 valence electrons. The van der Waals surface area contributed by atoms with Crippen molar-refractivity contribution in [2.75, 3.05) is 0 Å². The zero-order valence-corrected chi connectivity index (χ0v) is 9.55. The largest absolute Gasteiger partial charge is 0.385 e. The highest BCUT2D eigenvalue weighted by Crippen LogP contribution is 2.10. The average molecular weight is 240 g/mol. The van der Waals surface area contributed by atoms with Crippen LogP contribution in [0.25, 0.3) is 0 Å². The fourth-order valence-electron chi connectivity index (χ4n) is 1.12. The molecule has 0 saturated carbocycles. The summed E-state index contributed by atoms with van der Waals surface area (Å²) in [6.07, 6.45) is 1.03. The lowest BCUT2D eigenvalue weighted by Gasteiger charge is -2.07. The molecule has 16 heavy (non-hydrogen) atoms. The van der Waals surface area contributed by atoms with Gasteiger partial charge in [0.1, 0.15) is 5.82 Å². The molecule has 0 unspecified atom stereocenters. The summed E-state index contributed by atoms with van der Waals surface area (Å²) >= 11 is 5.75. The smallest absolute Gasteiger partial charge is 0.238 e. The zero-order chi connectivity index (χ0) is 12.0. The molecule has 0 fully saturated rings. The van der Waals surface area contributed by atoms with E-state index in [0.29, 0.717) is 17.9 Å². The Kier molecular flexibility index (Phi) is 4.66. The third kappa shape index (κ3) is 4.70. The van der Waals surface area contributed by atoms with Crippen molar-refractivity contribution in [3.63, 3.8) is 0 Å². The number of hydrogen-bond donors (Lipinski definition) is 3. The molecule has 0 bridgehead atoms. The standard InChI is InChI=1S/C11H14ClN3O/c1-8(13)14-15-11(16)7-4-9-2-5-10(12)6-3-9/h2-3,5-6,14H,1,4,7,13H2,(H,15,16). The summed E-state index contributed by atoms with van der Waals surface area (Å²) < 4.78 is 0.